The SMILES string of the molecule is C[C@H](Nc1nccc(-c2cncn2C)n1)C1CC2CC(Cl)CCC2NC1=O. The van der Waals surface area contributed by atoms with E-state index in [4.69, 9.17) is 11.6 Å². The Labute approximate surface area is 163 Å². The molecule has 2 N–H and O–H groups in total. The molecule has 4 rings (SSSR count). The lowest BCUT2D eigenvalue weighted by molar-refractivity contribution is -0.130. The minimum atomic E-state index is -0.114. The average Bonchev–Trinajstić information content (AvgIpc) is 3.07. The Morgan fingerprint density at radius 1 is 1.37 bits per heavy atom. The fraction of sp³-hybridized carbons (Fsp3) is 0.579. The van der Waals surface area contributed by atoms with Gasteiger partial charge in [0.25, 0.3) is 0 Å². The summed E-state index contributed by atoms with van der Waals surface area (Å²) >= 11 is 6.35. The van der Waals surface area contributed by atoms with Crippen molar-refractivity contribution < 1.29 is 4.79 Å². The van der Waals surface area contributed by atoms with Crippen molar-refractivity contribution >= 4 is 23.5 Å². The van der Waals surface area contributed by atoms with Gasteiger partial charge in [0.2, 0.25) is 11.9 Å². The molecule has 5 atom stereocenters. The molecular weight excluding hydrogens is 364 g/mol. The van der Waals surface area contributed by atoms with Crippen LogP contribution in [0.2, 0.25) is 0 Å². The van der Waals surface area contributed by atoms with Gasteiger partial charge in [0, 0.05) is 30.7 Å². The second-order valence-electron chi connectivity index (χ2n) is 7.72. The van der Waals surface area contributed by atoms with E-state index in [1.54, 1.807) is 18.7 Å². The van der Waals surface area contributed by atoms with Crippen molar-refractivity contribution in [1.29, 1.82) is 0 Å². The summed E-state index contributed by atoms with van der Waals surface area (Å²) in [5.74, 6) is 0.981. The Morgan fingerprint density at radius 2 is 2.22 bits per heavy atom. The van der Waals surface area contributed by atoms with E-state index in [0.717, 1.165) is 37.1 Å². The van der Waals surface area contributed by atoms with Gasteiger partial charge in [-0.1, -0.05) is 0 Å². The minimum absolute atomic E-state index is 0.0663. The molecule has 0 radical (unpaired) electrons. The number of nitrogens with zero attached hydrogens (tertiary/aromatic N) is 4. The lowest BCUT2D eigenvalue weighted by Gasteiger charge is -2.42. The van der Waals surface area contributed by atoms with E-state index in [1.807, 2.05) is 24.6 Å². The first-order valence-corrected chi connectivity index (χ1v) is 9.95. The zero-order valence-corrected chi connectivity index (χ0v) is 16.4. The molecule has 1 saturated heterocycles. The number of hydrogen-bond donors (Lipinski definition) is 2. The molecule has 3 heterocycles. The molecule has 1 aliphatic heterocycles. The number of aromatic nitrogens is 4. The van der Waals surface area contributed by atoms with Gasteiger partial charge in [0.1, 0.15) is 0 Å². The number of halogens is 1. The highest BCUT2D eigenvalue weighted by Gasteiger charge is 2.41. The number of fused-ring (bicyclic) bond motifs is 1. The van der Waals surface area contributed by atoms with Gasteiger partial charge in [-0.3, -0.25) is 4.79 Å². The highest BCUT2D eigenvalue weighted by Crippen LogP contribution is 2.36. The quantitative estimate of drug-likeness (QED) is 0.786. The van der Waals surface area contributed by atoms with Crippen LogP contribution in [0.25, 0.3) is 11.4 Å². The third-order valence-electron chi connectivity index (χ3n) is 5.83. The molecule has 1 aliphatic carbocycles. The van der Waals surface area contributed by atoms with Crippen molar-refractivity contribution in [3.63, 3.8) is 0 Å². The first-order chi connectivity index (χ1) is 13.0. The number of hydrogen-bond acceptors (Lipinski definition) is 5. The van der Waals surface area contributed by atoms with Crippen molar-refractivity contribution in [3.8, 4) is 11.4 Å². The minimum Gasteiger partial charge on any atom is -0.353 e. The Kier molecular flexibility index (Phi) is 5.04. The summed E-state index contributed by atoms with van der Waals surface area (Å²) in [6.07, 6.45) is 9.03. The molecule has 144 valence electrons. The second-order valence-corrected chi connectivity index (χ2v) is 8.33. The molecule has 7 nitrogen and oxygen atoms in total. The Hall–Kier alpha value is -2.15. The number of carbonyl (C=O) groups is 1. The zero-order valence-electron chi connectivity index (χ0n) is 15.6. The Balaban J connectivity index is 1.46. The van der Waals surface area contributed by atoms with Gasteiger partial charge in [0.15, 0.2) is 0 Å². The number of amides is 1. The molecule has 8 heteroatoms. The van der Waals surface area contributed by atoms with Crippen LogP contribution >= 0.6 is 11.6 Å². The van der Waals surface area contributed by atoms with Crippen molar-refractivity contribution in [3.05, 3.63) is 24.8 Å². The molecule has 0 bridgehead atoms. The summed E-state index contributed by atoms with van der Waals surface area (Å²) in [6, 6.07) is 2.07. The molecule has 0 spiro atoms. The summed E-state index contributed by atoms with van der Waals surface area (Å²) in [4.78, 5) is 25.7. The van der Waals surface area contributed by atoms with Crippen LogP contribution in [0.1, 0.15) is 32.6 Å². The highest BCUT2D eigenvalue weighted by atomic mass is 35.5. The predicted octanol–water partition coefficient (Wildman–Crippen LogP) is 2.59. The molecular formula is C19H25ClN6O. The Bertz CT molecular complexity index is 824. The number of nitrogens with one attached hydrogen (secondary N) is 2. The summed E-state index contributed by atoms with van der Waals surface area (Å²) in [7, 11) is 1.93. The first-order valence-electron chi connectivity index (χ1n) is 9.52. The fourth-order valence-corrected chi connectivity index (χ4v) is 4.65. The molecule has 4 unspecified atom stereocenters. The third-order valence-corrected chi connectivity index (χ3v) is 6.23. The number of rotatable bonds is 4. The van der Waals surface area contributed by atoms with Gasteiger partial charge < -0.3 is 15.2 Å². The lowest BCUT2D eigenvalue weighted by Crippen LogP contribution is -2.55. The summed E-state index contributed by atoms with van der Waals surface area (Å²) in [5.41, 5.74) is 1.71. The van der Waals surface area contributed by atoms with E-state index in [-0.39, 0.29) is 29.3 Å². The maximum absolute atomic E-state index is 12.6. The highest BCUT2D eigenvalue weighted by molar-refractivity contribution is 6.20. The Morgan fingerprint density at radius 3 is 3.00 bits per heavy atom. The van der Waals surface area contributed by atoms with Gasteiger partial charge in [-0.2, -0.15) is 0 Å². The maximum Gasteiger partial charge on any atom is 0.225 e. The number of carbonyl (C=O) groups excluding carboxylic acids is 1. The molecule has 2 aromatic rings. The predicted molar refractivity (Wildman–Crippen MR) is 104 cm³/mol. The first kappa shape index (κ1) is 18.2. The largest absolute Gasteiger partial charge is 0.353 e. The van der Waals surface area contributed by atoms with Gasteiger partial charge in [0.05, 0.1) is 29.8 Å². The van der Waals surface area contributed by atoms with Crippen LogP contribution in [0.15, 0.2) is 24.8 Å². The summed E-state index contributed by atoms with van der Waals surface area (Å²) < 4.78 is 1.91. The maximum atomic E-state index is 12.6. The van der Waals surface area contributed by atoms with Crippen LogP contribution in [0, 0.1) is 11.8 Å². The standard InChI is InChI=1S/C19H25ClN6O/c1-11(14-8-12-7-13(20)3-4-15(12)24-18(14)27)23-19-22-6-5-16(25-19)17-9-21-10-26(17)2/h5-6,9-15H,3-4,7-8H2,1-2H3,(H,24,27)(H,22,23,25)/t11-,12?,13?,14?,15?/m0/s1. The number of piperidine rings is 1. The molecule has 2 fully saturated rings. The topological polar surface area (TPSA) is 84.7 Å². The molecule has 1 amide bonds. The van der Waals surface area contributed by atoms with E-state index in [0.29, 0.717) is 11.9 Å². The van der Waals surface area contributed by atoms with E-state index >= 15 is 0 Å². The van der Waals surface area contributed by atoms with Crippen LogP contribution in [0.5, 0.6) is 0 Å². The normalized spacial score (nSPS) is 28.9. The fourth-order valence-electron chi connectivity index (χ4n) is 4.29. The van der Waals surface area contributed by atoms with Crippen molar-refractivity contribution in [1.82, 2.24) is 24.8 Å². The van der Waals surface area contributed by atoms with Crippen LogP contribution in [-0.4, -0.2) is 42.9 Å². The second kappa shape index (κ2) is 7.46. The van der Waals surface area contributed by atoms with Gasteiger partial charge in [-0.25, -0.2) is 15.0 Å². The van der Waals surface area contributed by atoms with Crippen LogP contribution in [0.4, 0.5) is 5.95 Å². The molecule has 2 aliphatic rings. The third kappa shape index (κ3) is 3.78. The van der Waals surface area contributed by atoms with E-state index in [2.05, 4.69) is 25.6 Å². The van der Waals surface area contributed by atoms with Crippen molar-refractivity contribution in [2.75, 3.05) is 5.32 Å². The van der Waals surface area contributed by atoms with E-state index in [1.165, 1.54) is 0 Å². The summed E-state index contributed by atoms with van der Waals surface area (Å²) in [5, 5.41) is 6.76. The molecule has 0 aromatic carbocycles. The van der Waals surface area contributed by atoms with E-state index < -0.39 is 0 Å². The summed E-state index contributed by atoms with van der Waals surface area (Å²) in [6.45, 7) is 2.02. The monoisotopic (exact) mass is 388 g/mol. The molecule has 27 heavy (non-hydrogen) atoms. The number of anilines is 1. The van der Waals surface area contributed by atoms with Crippen LogP contribution in [-0.2, 0) is 11.8 Å². The number of alkyl halides is 1. The van der Waals surface area contributed by atoms with Gasteiger partial charge >= 0.3 is 0 Å². The van der Waals surface area contributed by atoms with Crippen molar-refractivity contribution in [2.45, 2.75) is 50.1 Å². The van der Waals surface area contributed by atoms with Gasteiger partial charge in [-0.15, -0.1) is 11.6 Å². The molecule has 1 saturated carbocycles. The lowest BCUT2D eigenvalue weighted by atomic mass is 9.74. The zero-order chi connectivity index (χ0) is 19.0. The van der Waals surface area contributed by atoms with E-state index in [9.17, 15) is 4.79 Å². The number of aryl methyl sites for hydroxylation is 1. The number of imidazole rings is 1. The smallest absolute Gasteiger partial charge is 0.225 e. The van der Waals surface area contributed by atoms with Crippen LogP contribution < -0.4 is 10.6 Å². The average molecular weight is 389 g/mol. The molecule has 2 aromatic heterocycles. The van der Waals surface area contributed by atoms with Crippen LogP contribution in [0.3, 0.4) is 0 Å². The van der Waals surface area contributed by atoms with Gasteiger partial charge in [-0.05, 0) is 44.6 Å². The van der Waals surface area contributed by atoms with Crippen molar-refractivity contribution in [2.24, 2.45) is 18.9 Å².